The Hall–Kier alpha value is -3.84. The summed E-state index contributed by atoms with van der Waals surface area (Å²) in [5.74, 6) is -0.167. The molecule has 0 unspecified atom stereocenters. The maximum Gasteiger partial charge on any atom is 0.323 e. The van der Waals surface area contributed by atoms with Gasteiger partial charge in [0.15, 0.2) is 0 Å². The van der Waals surface area contributed by atoms with Gasteiger partial charge in [0.2, 0.25) is 0 Å². The number of methoxy groups -OCH3 is 1. The number of ether oxygens (including phenoxy) is 1. The van der Waals surface area contributed by atoms with Crippen molar-refractivity contribution < 1.29 is 14.3 Å². The van der Waals surface area contributed by atoms with Gasteiger partial charge in [0.05, 0.1) is 5.56 Å². The van der Waals surface area contributed by atoms with E-state index in [0.29, 0.717) is 24.4 Å². The molecule has 0 bridgehead atoms. The Kier molecular flexibility index (Phi) is 8.57. The average molecular weight is 487 g/mol. The first-order valence-corrected chi connectivity index (χ1v) is 12.5. The fourth-order valence-corrected chi connectivity index (χ4v) is 4.45. The highest BCUT2D eigenvalue weighted by molar-refractivity contribution is 6.04. The van der Waals surface area contributed by atoms with Crippen LogP contribution in [0, 0.1) is 0 Å². The normalized spacial score (nSPS) is 12.6. The van der Waals surface area contributed by atoms with Gasteiger partial charge < -0.3 is 25.6 Å². The van der Waals surface area contributed by atoms with E-state index in [9.17, 15) is 9.59 Å². The third kappa shape index (κ3) is 6.43. The summed E-state index contributed by atoms with van der Waals surface area (Å²) in [6.45, 7) is 4.73. The minimum Gasteiger partial charge on any atom is -0.385 e. The predicted molar refractivity (Wildman–Crippen MR) is 145 cm³/mol. The van der Waals surface area contributed by atoms with Crippen LogP contribution in [0.15, 0.2) is 66.7 Å². The van der Waals surface area contributed by atoms with Crippen LogP contribution in [0.1, 0.15) is 40.4 Å². The number of nitrogens with zero attached hydrogens (tertiary/aromatic N) is 1. The van der Waals surface area contributed by atoms with E-state index in [2.05, 4.69) is 46.0 Å². The fraction of sp³-hybridized carbons (Fsp3) is 0.310. The Morgan fingerprint density at radius 3 is 2.50 bits per heavy atom. The van der Waals surface area contributed by atoms with Crippen molar-refractivity contribution in [2.24, 2.45) is 0 Å². The Bertz CT molecular complexity index is 1210. The summed E-state index contributed by atoms with van der Waals surface area (Å²) in [5.41, 5.74) is 6.45. The summed E-state index contributed by atoms with van der Waals surface area (Å²) >= 11 is 0. The second-order valence-corrected chi connectivity index (χ2v) is 8.91. The van der Waals surface area contributed by atoms with Crippen LogP contribution < -0.4 is 20.9 Å². The number of anilines is 3. The molecule has 188 valence electrons. The van der Waals surface area contributed by atoms with Gasteiger partial charge in [-0.2, -0.15) is 0 Å². The third-order valence-electron chi connectivity index (χ3n) is 6.37. The van der Waals surface area contributed by atoms with E-state index < -0.39 is 0 Å². The third-order valence-corrected chi connectivity index (χ3v) is 6.37. The number of benzene rings is 3. The zero-order valence-electron chi connectivity index (χ0n) is 21.0. The van der Waals surface area contributed by atoms with Gasteiger partial charge in [-0.25, -0.2) is 4.79 Å². The second kappa shape index (κ2) is 12.2. The van der Waals surface area contributed by atoms with Crippen LogP contribution in [-0.4, -0.2) is 38.7 Å². The first-order chi connectivity index (χ1) is 17.6. The van der Waals surface area contributed by atoms with Crippen molar-refractivity contribution in [1.29, 1.82) is 0 Å². The molecule has 4 rings (SSSR count). The number of nitrogens with one attached hydrogen (secondary N) is 3. The SMILES string of the molecule is CCc1cccc(NC(=O)Nc2ccc(N3CCc4ccccc4C3)c(C(=O)NCCCOC)c2)c1. The number of hydrogen-bond acceptors (Lipinski definition) is 4. The second-order valence-electron chi connectivity index (χ2n) is 8.91. The molecule has 0 saturated heterocycles. The standard InChI is InChI=1S/C29H34N4O3/c1-3-21-8-6-11-24(18-21)31-29(35)32-25-12-13-27(26(19-25)28(34)30-15-7-17-36-2)33-16-14-22-9-4-5-10-23(22)20-33/h4-6,8-13,18-19H,3,7,14-17,20H2,1-2H3,(H,30,34)(H2,31,32,35). The molecule has 3 aromatic carbocycles. The molecule has 3 aromatic rings. The molecule has 0 aliphatic carbocycles. The van der Waals surface area contributed by atoms with E-state index in [1.54, 1.807) is 13.2 Å². The number of urea groups is 1. The van der Waals surface area contributed by atoms with Crippen molar-refractivity contribution in [2.45, 2.75) is 32.7 Å². The first-order valence-electron chi connectivity index (χ1n) is 12.5. The van der Waals surface area contributed by atoms with Gasteiger partial charge in [0.25, 0.3) is 5.91 Å². The van der Waals surface area contributed by atoms with Gasteiger partial charge in [0.1, 0.15) is 0 Å². The molecule has 1 aliphatic rings. The van der Waals surface area contributed by atoms with E-state index in [0.717, 1.165) is 49.3 Å². The maximum atomic E-state index is 13.2. The number of amides is 3. The van der Waals surface area contributed by atoms with Gasteiger partial charge in [-0.1, -0.05) is 43.3 Å². The number of hydrogen-bond donors (Lipinski definition) is 3. The lowest BCUT2D eigenvalue weighted by atomic mass is 9.98. The number of carbonyl (C=O) groups is 2. The molecule has 0 radical (unpaired) electrons. The number of rotatable bonds is 9. The summed E-state index contributed by atoms with van der Waals surface area (Å²) in [4.78, 5) is 28.1. The summed E-state index contributed by atoms with van der Waals surface area (Å²) in [7, 11) is 1.65. The monoisotopic (exact) mass is 486 g/mol. The Morgan fingerprint density at radius 2 is 1.72 bits per heavy atom. The highest BCUT2D eigenvalue weighted by Crippen LogP contribution is 2.29. The fourth-order valence-electron chi connectivity index (χ4n) is 4.45. The van der Waals surface area contributed by atoms with Gasteiger partial charge in [0, 0.05) is 50.4 Å². The molecule has 36 heavy (non-hydrogen) atoms. The van der Waals surface area contributed by atoms with Crippen LogP contribution in [0.25, 0.3) is 0 Å². The lowest BCUT2D eigenvalue weighted by Crippen LogP contribution is -2.33. The Balaban J connectivity index is 1.53. The van der Waals surface area contributed by atoms with Gasteiger partial charge in [-0.3, -0.25) is 4.79 Å². The molecule has 0 atom stereocenters. The predicted octanol–water partition coefficient (Wildman–Crippen LogP) is 5.22. The topological polar surface area (TPSA) is 82.7 Å². The quantitative estimate of drug-likeness (QED) is 0.362. The van der Waals surface area contributed by atoms with E-state index in [4.69, 9.17) is 4.74 Å². The molecule has 3 amide bonds. The van der Waals surface area contributed by atoms with Crippen molar-refractivity contribution in [3.05, 3.63) is 89.0 Å². The van der Waals surface area contributed by atoms with Crippen LogP contribution >= 0.6 is 0 Å². The zero-order valence-corrected chi connectivity index (χ0v) is 21.0. The Morgan fingerprint density at radius 1 is 0.944 bits per heavy atom. The Labute approximate surface area is 212 Å². The van der Waals surface area contributed by atoms with E-state index in [1.807, 2.05) is 42.5 Å². The molecular formula is C29H34N4O3. The molecule has 7 heteroatoms. The van der Waals surface area contributed by atoms with Gasteiger partial charge in [-0.15, -0.1) is 0 Å². The van der Waals surface area contributed by atoms with Crippen LogP contribution in [-0.2, 0) is 24.1 Å². The van der Waals surface area contributed by atoms with Crippen LogP contribution in [0.5, 0.6) is 0 Å². The average Bonchev–Trinajstić information content (AvgIpc) is 2.90. The zero-order chi connectivity index (χ0) is 25.3. The van der Waals surface area contributed by atoms with E-state index in [-0.39, 0.29) is 11.9 Å². The maximum absolute atomic E-state index is 13.2. The first kappa shape index (κ1) is 25.3. The molecule has 0 spiro atoms. The molecule has 1 heterocycles. The summed E-state index contributed by atoms with van der Waals surface area (Å²) in [5, 5.41) is 8.74. The summed E-state index contributed by atoms with van der Waals surface area (Å²) < 4.78 is 5.09. The highest BCUT2D eigenvalue weighted by atomic mass is 16.5. The van der Waals surface area contributed by atoms with Crippen LogP contribution in [0.3, 0.4) is 0 Å². The lowest BCUT2D eigenvalue weighted by molar-refractivity contribution is 0.0949. The molecule has 7 nitrogen and oxygen atoms in total. The van der Waals surface area contributed by atoms with Crippen molar-refractivity contribution in [3.63, 3.8) is 0 Å². The minimum atomic E-state index is -0.352. The highest BCUT2D eigenvalue weighted by Gasteiger charge is 2.22. The number of carbonyl (C=O) groups excluding carboxylic acids is 2. The van der Waals surface area contributed by atoms with Gasteiger partial charge in [-0.05, 0) is 66.3 Å². The number of fused-ring (bicyclic) bond motifs is 1. The molecule has 0 saturated carbocycles. The number of aryl methyl sites for hydroxylation is 1. The largest absolute Gasteiger partial charge is 0.385 e. The summed E-state index contributed by atoms with van der Waals surface area (Å²) in [6, 6.07) is 21.3. The van der Waals surface area contributed by atoms with E-state index in [1.165, 1.54) is 11.1 Å². The molecular weight excluding hydrogens is 452 g/mol. The molecule has 0 aromatic heterocycles. The lowest BCUT2D eigenvalue weighted by Gasteiger charge is -2.32. The van der Waals surface area contributed by atoms with Crippen molar-refractivity contribution in [3.8, 4) is 0 Å². The smallest absolute Gasteiger partial charge is 0.323 e. The summed E-state index contributed by atoms with van der Waals surface area (Å²) in [6.07, 6.45) is 2.54. The molecule has 3 N–H and O–H groups in total. The molecule has 1 aliphatic heterocycles. The van der Waals surface area contributed by atoms with Crippen molar-refractivity contribution in [1.82, 2.24) is 5.32 Å². The van der Waals surface area contributed by atoms with Crippen LogP contribution in [0.2, 0.25) is 0 Å². The molecule has 0 fully saturated rings. The van der Waals surface area contributed by atoms with Gasteiger partial charge >= 0.3 is 6.03 Å². The minimum absolute atomic E-state index is 0.167. The van der Waals surface area contributed by atoms with Crippen molar-refractivity contribution >= 4 is 29.0 Å². The van der Waals surface area contributed by atoms with Crippen LogP contribution in [0.4, 0.5) is 21.9 Å². The van der Waals surface area contributed by atoms with Crippen molar-refractivity contribution in [2.75, 3.05) is 42.3 Å². The van der Waals surface area contributed by atoms with E-state index >= 15 is 0 Å².